The van der Waals surface area contributed by atoms with Crippen molar-refractivity contribution >= 4 is 17.4 Å². The number of benzene rings is 1. The molecule has 0 fully saturated rings. The van der Waals surface area contributed by atoms with Gasteiger partial charge < -0.3 is 0 Å². The summed E-state index contributed by atoms with van der Waals surface area (Å²) in [5, 5.41) is 0.542. The van der Waals surface area contributed by atoms with E-state index < -0.39 is 0 Å². The molecule has 0 radical (unpaired) electrons. The molecular weight excluding hydrogens is 222 g/mol. The van der Waals surface area contributed by atoms with Gasteiger partial charge in [-0.3, -0.25) is 9.69 Å². The largest absolute Gasteiger partial charge is 0.296 e. The van der Waals surface area contributed by atoms with Crippen LogP contribution < -0.4 is 0 Å². The molecule has 0 saturated carbocycles. The van der Waals surface area contributed by atoms with Crippen molar-refractivity contribution in [3.05, 3.63) is 34.9 Å². The predicted octanol–water partition coefficient (Wildman–Crippen LogP) is 3.25. The first-order valence-electron chi connectivity index (χ1n) is 5.69. The maximum atomic E-state index is 12.0. The number of carbonyl (C=O) groups is 1. The van der Waals surface area contributed by atoms with Gasteiger partial charge in [-0.2, -0.15) is 0 Å². The molecule has 0 aliphatic rings. The van der Waals surface area contributed by atoms with Gasteiger partial charge in [0.2, 0.25) is 0 Å². The molecule has 3 heteroatoms. The molecule has 16 heavy (non-hydrogen) atoms. The van der Waals surface area contributed by atoms with Crippen molar-refractivity contribution in [2.75, 3.05) is 19.6 Å². The van der Waals surface area contributed by atoms with Crippen LogP contribution >= 0.6 is 11.6 Å². The Balaban J connectivity index is 2.68. The van der Waals surface area contributed by atoms with Gasteiger partial charge in [0.05, 0.1) is 11.6 Å². The van der Waals surface area contributed by atoms with E-state index in [0.717, 1.165) is 19.5 Å². The molecule has 0 aromatic heterocycles. The van der Waals surface area contributed by atoms with E-state index in [4.69, 9.17) is 11.6 Å². The second-order valence-corrected chi connectivity index (χ2v) is 4.18. The van der Waals surface area contributed by atoms with Crippen LogP contribution in [0.5, 0.6) is 0 Å². The number of likely N-dealkylation sites (N-methyl/N-ethyl adjacent to an activating group) is 1. The third-order valence-electron chi connectivity index (χ3n) is 2.53. The summed E-state index contributed by atoms with van der Waals surface area (Å²) in [5.41, 5.74) is 0.624. The fourth-order valence-corrected chi connectivity index (χ4v) is 1.88. The topological polar surface area (TPSA) is 20.3 Å². The highest BCUT2D eigenvalue weighted by Crippen LogP contribution is 2.15. The van der Waals surface area contributed by atoms with Crippen LogP contribution in [0.1, 0.15) is 30.6 Å². The van der Waals surface area contributed by atoms with E-state index in [9.17, 15) is 4.79 Å². The third-order valence-corrected chi connectivity index (χ3v) is 2.86. The van der Waals surface area contributed by atoms with Crippen molar-refractivity contribution in [1.29, 1.82) is 0 Å². The minimum Gasteiger partial charge on any atom is -0.296 e. The van der Waals surface area contributed by atoms with E-state index in [0.29, 0.717) is 17.1 Å². The molecule has 0 amide bonds. The predicted molar refractivity (Wildman–Crippen MR) is 68.2 cm³/mol. The minimum atomic E-state index is 0.0981. The van der Waals surface area contributed by atoms with E-state index in [1.807, 2.05) is 12.1 Å². The monoisotopic (exact) mass is 239 g/mol. The first-order chi connectivity index (χ1) is 7.69. The number of nitrogens with zero attached hydrogens (tertiary/aromatic N) is 1. The van der Waals surface area contributed by atoms with E-state index in [-0.39, 0.29) is 5.78 Å². The Morgan fingerprint density at radius 1 is 1.31 bits per heavy atom. The normalized spacial score (nSPS) is 10.8. The minimum absolute atomic E-state index is 0.0981. The molecule has 2 nitrogen and oxygen atoms in total. The standard InChI is InChI=1S/C13H18ClNO/c1-3-9-15(4-2)10-13(16)11-7-5-6-8-12(11)14/h5-8H,3-4,9-10H2,1-2H3. The Kier molecular flexibility index (Phi) is 5.50. The van der Waals surface area contributed by atoms with Gasteiger partial charge in [0.25, 0.3) is 0 Å². The number of halogens is 1. The summed E-state index contributed by atoms with van der Waals surface area (Å²) in [6.07, 6.45) is 1.06. The Labute approximate surface area is 102 Å². The highest BCUT2D eigenvalue weighted by atomic mass is 35.5. The van der Waals surface area contributed by atoms with Crippen LogP contribution in [0.3, 0.4) is 0 Å². The van der Waals surface area contributed by atoms with Crippen molar-refractivity contribution in [2.45, 2.75) is 20.3 Å². The summed E-state index contributed by atoms with van der Waals surface area (Å²) in [6.45, 7) is 6.48. The van der Waals surface area contributed by atoms with Crippen molar-refractivity contribution in [3.63, 3.8) is 0 Å². The van der Waals surface area contributed by atoms with Crippen LogP contribution in [0.2, 0.25) is 5.02 Å². The average Bonchev–Trinajstić information content (AvgIpc) is 2.28. The van der Waals surface area contributed by atoms with Crippen molar-refractivity contribution in [3.8, 4) is 0 Å². The first-order valence-corrected chi connectivity index (χ1v) is 6.06. The second kappa shape index (κ2) is 6.66. The Morgan fingerprint density at radius 2 is 2.00 bits per heavy atom. The highest BCUT2D eigenvalue weighted by molar-refractivity contribution is 6.34. The number of hydrogen-bond acceptors (Lipinski definition) is 2. The van der Waals surface area contributed by atoms with Crippen LogP contribution in [0.15, 0.2) is 24.3 Å². The summed E-state index contributed by atoms with van der Waals surface area (Å²) in [6, 6.07) is 7.22. The molecule has 1 aromatic rings. The molecule has 0 aliphatic carbocycles. The van der Waals surface area contributed by atoms with Gasteiger partial charge in [0.1, 0.15) is 0 Å². The van der Waals surface area contributed by atoms with E-state index in [2.05, 4.69) is 18.7 Å². The quantitative estimate of drug-likeness (QED) is 0.711. The molecule has 1 rings (SSSR count). The molecule has 0 aliphatic heterocycles. The molecule has 0 spiro atoms. The summed E-state index contributed by atoms with van der Waals surface area (Å²) in [4.78, 5) is 14.1. The Hall–Kier alpha value is -0.860. The van der Waals surface area contributed by atoms with Crippen molar-refractivity contribution in [1.82, 2.24) is 4.90 Å². The first kappa shape index (κ1) is 13.2. The van der Waals surface area contributed by atoms with Gasteiger partial charge in [-0.25, -0.2) is 0 Å². The smallest absolute Gasteiger partial charge is 0.178 e. The van der Waals surface area contributed by atoms with Crippen LogP contribution in [-0.4, -0.2) is 30.3 Å². The van der Waals surface area contributed by atoms with Gasteiger partial charge in [-0.1, -0.05) is 37.6 Å². The van der Waals surface area contributed by atoms with Crippen LogP contribution in [-0.2, 0) is 0 Å². The molecule has 0 heterocycles. The van der Waals surface area contributed by atoms with Crippen LogP contribution in [0, 0.1) is 0 Å². The van der Waals surface area contributed by atoms with E-state index in [1.165, 1.54) is 0 Å². The number of rotatable bonds is 6. The second-order valence-electron chi connectivity index (χ2n) is 3.77. The summed E-state index contributed by atoms with van der Waals surface area (Å²) >= 11 is 5.98. The molecular formula is C13H18ClNO. The van der Waals surface area contributed by atoms with Crippen molar-refractivity contribution in [2.24, 2.45) is 0 Å². The molecule has 0 unspecified atom stereocenters. The van der Waals surface area contributed by atoms with E-state index >= 15 is 0 Å². The molecule has 1 aromatic carbocycles. The maximum absolute atomic E-state index is 12.0. The number of hydrogen-bond donors (Lipinski definition) is 0. The summed E-state index contributed by atoms with van der Waals surface area (Å²) in [7, 11) is 0. The fourth-order valence-electron chi connectivity index (χ4n) is 1.64. The molecule has 0 N–H and O–H groups in total. The summed E-state index contributed by atoms with van der Waals surface area (Å²) in [5.74, 6) is 0.0981. The van der Waals surface area contributed by atoms with Gasteiger partial charge in [-0.15, -0.1) is 0 Å². The zero-order valence-electron chi connectivity index (χ0n) is 9.87. The number of ketones is 1. The van der Waals surface area contributed by atoms with E-state index in [1.54, 1.807) is 12.1 Å². The fraction of sp³-hybridized carbons (Fsp3) is 0.462. The number of Topliss-reactive ketones (excluding diaryl/α,β-unsaturated/α-hetero) is 1. The van der Waals surface area contributed by atoms with Gasteiger partial charge >= 0.3 is 0 Å². The highest BCUT2D eigenvalue weighted by Gasteiger charge is 2.12. The van der Waals surface area contributed by atoms with Gasteiger partial charge in [-0.05, 0) is 31.6 Å². The molecule has 0 bridgehead atoms. The lowest BCUT2D eigenvalue weighted by Gasteiger charge is -2.18. The SMILES string of the molecule is CCCN(CC)CC(=O)c1ccccc1Cl. The maximum Gasteiger partial charge on any atom is 0.178 e. The lowest BCUT2D eigenvalue weighted by Crippen LogP contribution is -2.30. The van der Waals surface area contributed by atoms with Crippen molar-refractivity contribution < 1.29 is 4.79 Å². The Morgan fingerprint density at radius 3 is 2.56 bits per heavy atom. The van der Waals surface area contributed by atoms with Crippen LogP contribution in [0.4, 0.5) is 0 Å². The Bertz CT molecular complexity index is 352. The molecule has 0 saturated heterocycles. The van der Waals surface area contributed by atoms with Gasteiger partial charge in [0, 0.05) is 5.56 Å². The lowest BCUT2D eigenvalue weighted by molar-refractivity contribution is 0.0934. The van der Waals surface area contributed by atoms with Gasteiger partial charge in [0.15, 0.2) is 5.78 Å². The average molecular weight is 240 g/mol. The number of carbonyl (C=O) groups excluding carboxylic acids is 1. The summed E-state index contributed by atoms with van der Waals surface area (Å²) < 4.78 is 0. The third kappa shape index (κ3) is 3.62. The zero-order valence-corrected chi connectivity index (χ0v) is 10.6. The lowest BCUT2D eigenvalue weighted by atomic mass is 10.1. The zero-order chi connectivity index (χ0) is 12.0. The molecule has 88 valence electrons. The molecule has 0 atom stereocenters. The van der Waals surface area contributed by atoms with Crippen LogP contribution in [0.25, 0.3) is 0 Å².